The minimum atomic E-state index is -0.384. The van der Waals surface area contributed by atoms with Gasteiger partial charge in [0.05, 0.1) is 17.1 Å². The third-order valence-corrected chi connectivity index (χ3v) is 6.76. The van der Waals surface area contributed by atoms with E-state index in [1.165, 1.54) is 5.56 Å². The molecule has 1 unspecified atom stereocenters. The fourth-order valence-corrected chi connectivity index (χ4v) is 4.81. The molecule has 1 aliphatic rings. The highest BCUT2D eigenvalue weighted by Crippen LogP contribution is 2.28. The molecule has 1 aliphatic heterocycles. The number of aromatic nitrogens is 2. The van der Waals surface area contributed by atoms with E-state index in [0.29, 0.717) is 17.9 Å². The van der Waals surface area contributed by atoms with Crippen molar-refractivity contribution in [2.45, 2.75) is 32.4 Å². The van der Waals surface area contributed by atoms with Crippen molar-refractivity contribution in [2.24, 2.45) is 0 Å². The number of nitrogens with one attached hydrogen (secondary N) is 1. The number of imidazole rings is 1. The summed E-state index contributed by atoms with van der Waals surface area (Å²) in [5.41, 5.74) is 4.43. The highest BCUT2D eigenvalue weighted by molar-refractivity contribution is 9.10. The van der Waals surface area contributed by atoms with Crippen LogP contribution in [0.25, 0.3) is 11.0 Å². The summed E-state index contributed by atoms with van der Waals surface area (Å²) in [5, 5.41) is 3.04. The van der Waals surface area contributed by atoms with Crippen molar-refractivity contribution >= 4 is 44.5 Å². The van der Waals surface area contributed by atoms with Crippen LogP contribution in [0.15, 0.2) is 77.3 Å². The fourth-order valence-electron chi connectivity index (χ4n) is 4.55. The Balaban J connectivity index is 1.44. The molecule has 6 nitrogen and oxygen atoms in total. The SMILES string of the molecule is CC(NC(=O)c1ccc(Br)cc1)c1nc2ccccc2n1CC(=O)N1CCCc2ccccc21. The molecule has 0 spiro atoms. The van der Waals surface area contributed by atoms with Gasteiger partial charge in [-0.05, 0) is 67.8 Å². The van der Waals surface area contributed by atoms with Gasteiger partial charge in [-0.1, -0.05) is 46.3 Å². The smallest absolute Gasteiger partial charge is 0.251 e. The molecule has 5 rings (SSSR count). The van der Waals surface area contributed by atoms with Crippen molar-refractivity contribution < 1.29 is 9.59 Å². The first kappa shape index (κ1) is 22.3. The number of nitrogens with zero attached hydrogens (tertiary/aromatic N) is 3. The predicted octanol–water partition coefficient (Wildman–Crippen LogP) is 5.27. The van der Waals surface area contributed by atoms with E-state index >= 15 is 0 Å². The lowest BCUT2D eigenvalue weighted by molar-refractivity contribution is -0.119. The molecule has 172 valence electrons. The van der Waals surface area contributed by atoms with Crippen molar-refractivity contribution in [3.8, 4) is 0 Å². The summed E-state index contributed by atoms with van der Waals surface area (Å²) < 4.78 is 2.85. The lowest BCUT2D eigenvalue weighted by Crippen LogP contribution is -2.38. The first-order valence-corrected chi connectivity index (χ1v) is 12.2. The summed E-state index contributed by atoms with van der Waals surface area (Å²) in [6.45, 7) is 2.76. The van der Waals surface area contributed by atoms with Gasteiger partial charge in [-0.2, -0.15) is 0 Å². The molecule has 4 aromatic rings. The van der Waals surface area contributed by atoms with Crippen LogP contribution in [0.3, 0.4) is 0 Å². The van der Waals surface area contributed by atoms with E-state index in [0.717, 1.165) is 34.0 Å². The van der Waals surface area contributed by atoms with Crippen molar-refractivity contribution in [1.82, 2.24) is 14.9 Å². The van der Waals surface area contributed by atoms with Crippen molar-refractivity contribution in [1.29, 1.82) is 0 Å². The lowest BCUT2D eigenvalue weighted by Gasteiger charge is -2.30. The molecule has 0 radical (unpaired) electrons. The van der Waals surface area contributed by atoms with Crippen molar-refractivity contribution in [3.05, 3.63) is 94.2 Å². The van der Waals surface area contributed by atoms with Gasteiger partial charge < -0.3 is 14.8 Å². The molecule has 0 fully saturated rings. The second-order valence-corrected chi connectivity index (χ2v) is 9.44. The van der Waals surface area contributed by atoms with Crippen LogP contribution in [0.2, 0.25) is 0 Å². The van der Waals surface area contributed by atoms with E-state index in [1.54, 1.807) is 12.1 Å². The maximum Gasteiger partial charge on any atom is 0.251 e. The Bertz CT molecular complexity index is 1360. The minimum absolute atomic E-state index is 0.0167. The van der Waals surface area contributed by atoms with Gasteiger partial charge in [0, 0.05) is 22.3 Å². The zero-order valence-electron chi connectivity index (χ0n) is 18.9. The van der Waals surface area contributed by atoms with Crippen LogP contribution in [-0.4, -0.2) is 27.9 Å². The molecule has 3 aromatic carbocycles. The number of amides is 2. The number of aryl methyl sites for hydroxylation is 1. The van der Waals surface area contributed by atoms with Gasteiger partial charge in [0.15, 0.2) is 0 Å². The first-order valence-electron chi connectivity index (χ1n) is 11.4. The average Bonchev–Trinajstić information content (AvgIpc) is 3.22. The number of para-hydroxylation sites is 3. The van der Waals surface area contributed by atoms with E-state index in [9.17, 15) is 9.59 Å². The molecular weight excluding hydrogens is 492 g/mol. The number of hydrogen-bond donors (Lipinski definition) is 1. The molecule has 1 atom stereocenters. The zero-order chi connectivity index (χ0) is 23.7. The van der Waals surface area contributed by atoms with Gasteiger partial charge in [-0.25, -0.2) is 4.98 Å². The van der Waals surface area contributed by atoms with Gasteiger partial charge in [-0.3, -0.25) is 9.59 Å². The molecule has 1 N–H and O–H groups in total. The number of benzene rings is 3. The third-order valence-electron chi connectivity index (χ3n) is 6.23. The van der Waals surface area contributed by atoms with Crippen LogP contribution in [0.5, 0.6) is 0 Å². The summed E-state index contributed by atoms with van der Waals surface area (Å²) in [6.07, 6.45) is 1.93. The van der Waals surface area contributed by atoms with Gasteiger partial charge >= 0.3 is 0 Å². The number of halogens is 1. The fraction of sp³-hybridized carbons (Fsp3) is 0.222. The number of rotatable bonds is 5. The average molecular weight is 517 g/mol. The lowest BCUT2D eigenvalue weighted by atomic mass is 10.0. The maximum atomic E-state index is 13.5. The van der Waals surface area contributed by atoms with E-state index in [-0.39, 0.29) is 24.4 Å². The number of carbonyl (C=O) groups excluding carboxylic acids is 2. The number of fused-ring (bicyclic) bond motifs is 2. The molecule has 2 heterocycles. The molecule has 1 aromatic heterocycles. The summed E-state index contributed by atoms with van der Waals surface area (Å²) in [7, 11) is 0. The van der Waals surface area contributed by atoms with Crippen LogP contribution in [-0.2, 0) is 17.8 Å². The van der Waals surface area contributed by atoms with Gasteiger partial charge in [0.1, 0.15) is 12.4 Å². The molecular formula is C27H25BrN4O2. The van der Waals surface area contributed by atoms with Crippen molar-refractivity contribution in [3.63, 3.8) is 0 Å². The van der Waals surface area contributed by atoms with Crippen LogP contribution >= 0.6 is 15.9 Å². The minimum Gasteiger partial charge on any atom is -0.342 e. The summed E-state index contributed by atoms with van der Waals surface area (Å²) in [6, 6.07) is 22.7. The van der Waals surface area contributed by atoms with E-state index < -0.39 is 0 Å². The van der Waals surface area contributed by atoms with Gasteiger partial charge in [0.2, 0.25) is 5.91 Å². The zero-order valence-corrected chi connectivity index (χ0v) is 20.5. The van der Waals surface area contributed by atoms with Gasteiger partial charge in [-0.15, -0.1) is 0 Å². The van der Waals surface area contributed by atoms with Crippen LogP contribution in [0.4, 0.5) is 5.69 Å². The topological polar surface area (TPSA) is 67.2 Å². The molecule has 0 saturated carbocycles. The van der Waals surface area contributed by atoms with E-state index in [2.05, 4.69) is 27.3 Å². The Morgan fingerprint density at radius 3 is 2.59 bits per heavy atom. The van der Waals surface area contributed by atoms with E-state index in [4.69, 9.17) is 4.98 Å². The van der Waals surface area contributed by atoms with Crippen LogP contribution in [0, 0.1) is 0 Å². The Morgan fingerprint density at radius 2 is 1.76 bits per heavy atom. The Labute approximate surface area is 206 Å². The Kier molecular flexibility index (Phi) is 6.20. The third kappa shape index (κ3) is 4.35. The van der Waals surface area contributed by atoms with Gasteiger partial charge in [0.25, 0.3) is 5.91 Å². The second kappa shape index (κ2) is 9.43. The highest BCUT2D eigenvalue weighted by Gasteiger charge is 2.25. The Hall–Kier alpha value is -3.45. The molecule has 2 amide bonds. The molecule has 0 bridgehead atoms. The predicted molar refractivity (Wildman–Crippen MR) is 137 cm³/mol. The highest BCUT2D eigenvalue weighted by atomic mass is 79.9. The number of carbonyl (C=O) groups is 2. The van der Waals surface area contributed by atoms with Crippen molar-refractivity contribution in [2.75, 3.05) is 11.4 Å². The first-order chi connectivity index (χ1) is 16.5. The second-order valence-electron chi connectivity index (χ2n) is 8.52. The van der Waals surface area contributed by atoms with Crippen LogP contribution < -0.4 is 10.2 Å². The van der Waals surface area contributed by atoms with E-state index in [1.807, 2.05) is 71.0 Å². The molecule has 7 heteroatoms. The summed E-state index contributed by atoms with van der Waals surface area (Å²) in [5.74, 6) is 0.489. The quantitative estimate of drug-likeness (QED) is 0.392. The number of hydrogen-bond acceptors (Lipinski definition) is 3. The van der Waals surface area contributed by atoms with Crippen LogP contribution in [0.1, 0.15) is 41.1 Å². The number of anilines is 1. The largest absolute Gasteiger partial charge is 0.342 e. The summed E-state index contributed by atoms with van der Waals surface area (Å²) in [4.78, 5) is 33.0. The normalized spacial score (nSPS) is 14.0. The Morgan fingerprint density at radius 1 is 1.03 bits per heavy atom. The molecule has 34 heavy (non-hydrogen) atoms. The maximum absolute atomic E-state index is 13.5. The standard InChI is InChI=1S/C27H25BrN4O2/c1-18(29-27(34)20-12-14-21(28)15-13-20)26-30-22-9-3-5-11-24(22)32(26)17-25(33)31-16-6-8-19-7-2-4-10-23(19)31/h2-5,7,9-15,18H,6,8,16-17H2,1H3,(H,29,34). The molecule has 0 saturated heterocycles. The monoisotopic (exact) mass is 516 g/mol. The molecule has 0 aliphatic carbocycles. The summed E-state index contributed by atoms with van der Waals surface area (Å²) >= 11 is 3.40.